The minimum Gasteiger partial charge on any atom is -0.465 e. The van der Waals surface area contributed by atoms with Crippen molar-refractivity contribution in [1.82, 2.24) is 4.90 Å². The van der Waals surface area contributed by atoms with Gasteiger partial charge in [-0.3, -0.25) is 0 Å². The molecule has 2 rings (SSSR count). The molecule has 1 N–H and O–H groups in total. The maximum absolute atomic E-state index is 10.8. The highest BCUT2D eigenvalue weighted by Gasteiger charge is 2.50. The number of carbonyl (C=O) groups is 1. The van der Waals surface area contributed by atoms with Crippen LogP contribution in [0.25, 0.3) is 0 Å². The molecular weight excluding hydrogens is 257 g/mol. The Morgan fingerprint density at radius 3 is 2.15 bits per heavy atom. The van der Waals surface area contributed by atoms with E-state index in [4.69, 9.17) is 14.4 Å². The van der Waals surface area contributed by atoms with Crippen LogP contribution in [0, 0.1) is 5.92 Å². The fourth-order valence-corrected chi connectivity index (χ4v) is 2.50. The lowest BCUT2D eigenvalue weighted by atomic mass is 9.86. The van der Waals surface area contributed by atoms with Gasteiger partial charge in [0.25, 0.3) is 0 Å². The molecule has 1 amide bonds. The smallest absolute Gasteiger partial charge is 0.465 e. The Bertz CT molecular complexity index is 384. The van der Waals surface area contributed by atoms with E-state index in [1.807, 2.05) is 33.7 Å². The van der Waals surface area contributed by atoms with Gasteiger partial charge in [0.15, 0.2) is 0 Å². The van der Waals surface area contributed by atoms with Gasteiger partial charge in [-0.05, 0) is 46.5 Å². The maximum Gasteiger partial charge on any atom is 0.486 e. The van der Waals surface area contributed by atoms with Crippen LogP contribution in [0.5, 0.6) is 0 Å². The van der Waals surface area contributed by atoms with Gasteiger partial charge in [-0.15, -0.1) is 0 Å². The summed E-state index contributed by atoms with van der Waals surface area (Å²) in [5, 5.41) is 8.91. The number of likely N-dealkylation sites (tertiary alicyclic amines) is 1. The Labute approximate surface area is 121 Å². The van der Waals surface area contributed by atoms with E-state index in [1.54, 1.807) is 0 Å². The molecule has 2 saturated heterocycles. The number of rotatable bonds is 2. The molecule has 0 aromatic rings. The molecule has 0 aliphatic carbocycles. The normalized spacial score (nSPS) is 26.4. The predicted molar refractivity (Wildman–Crippen MR) is 77.5 cm³/mol. The summed E-state index contributed by atoms with van der Waals surface area (Å²) < 4.78 is 11.8. The molecule has 112 valence electrons. The molecular formula is C14H24BNO4. The third-order valence-electron chi connectivity index (χ3n) is 4.62. The molecule has 2 aliphatic rings. The number of hydrogen-bond acceptors (Lipinski definition) is 3. The summed E-state index contributed by atoms with van der Waals surface area (Å²) in [7, 11) is -0.308. The van der Waals surface area contributed by atoms with E-state index in [2.05, 4.69) is 6.08 Å². The monoisotopic (exact) mass is 281 g/mol. The van der Waals surface area contributed by atoms with Crippen molar-refractivity contribution in [2.24, 2.45) is 5.92 Å². The van der Waals surface area contributed by atoms with Crippen LogP contribution in [0.1, 0.15) is 40.5 Å². The minimum atomic E-state index is -0.821. The van der Waals surface area contributed by atoms with Crippen LogP contribution >= 0.6 is 0 Å². The van der Waals surface area contributed by atoms with Crippen molar-refractivity contribution in [3.8, 4) is 0 Å². The van der Waals surface area contributed by atoms with E-state index >= 15 is 0 Å². The van der Waals surface area contributed by atoms with Gasteiger partial charge in [0.05, 0.1) is 11.2 Å². The Hall–Kier alpha value is -1.01. The first kappa shape index (κ1) is 15.4. The number of nitrogens with zero attached hydrogens (tertiary/aromatic N) is 1. The Balaban J connectivity index is 1.85. The van der Waals surface area contributed by atoms with Crippen molar-refractivity contribution in [3.63, 3.8) is 0 Å². The van der Waals surface area contributed by atoms with Crippen molar-refractivity contribution >= 4 is 13.2 Å². The SMILES string of the molecule is CC1(C)OB(/C=C/C2CCN(C(=O)O)CC2)OC1(C)C. The van der Waals surface area contributed by atoms with Gasteiger partial charge in [0, 0.05) is 13.1 Å². The van der Waals surface area contributed by atoms with E-state index in [-0.39, 0.29) is 18.3 Å². The first-order valence-electron chi connectivity index (χ1n) is 7.23. The lowest BCUT2D eigenvalue weighted by molar-refractivity contribution is 0.00578. The number of amides is 1. The molecule has 0 bridgehead atoms. The van der Waals surface area contributed by atoms with Gasteiger partial charge in [-0.25, -0.2) is 4.79 Å². The number of piperidine rings is 1. The summed E-state index contributed by atoms with van der Waals surface area (Å²) in [4.78, 5) is 12.3. The molecule has 2 heterocycles. The van der Waals surface area contributed by atoms with Crippen molar-refractivity contribution in [3.05, 3.63) is 12.1 Å². The molecule has 0 atom stereocenters. The third-order valence-corrected chi connectivity index (χ3v) is 4.62. The summed E-state index contributed by atoms with van der Waals surface area (Å²) in [5.74, 6) is 2.38. The molecule has 0 saturated carbocycles. The third kappa shape index (κ3) is 3.18. The minimum absolute atomic E-state index is 0.308. The lowest BCUT2D eigenvalue weighted by Crippen LogP contribution is -2.41. The Morgan fingerprint density at radius 1 is 1.20 bits per heavy atom. The highest BCUT2D eigenvalue weighted by atomic mass is 16.7. The van der Waals surface area contributed by atoms with Crippen LogP contribution in [0.3, 0.4) is 0 Å². The summed E-state index contributed by atoms with van der Waals surface area (Å²) in [6, 6.07) is 0. The first-order chi connectivity index (χ1) is 9.21. The molecule has 5 nitrogen and oxygen atoms in total. The molecule has 20 heavy (non-hydrogen) atoms. The Morgan fingerprint density at radius 2 is 1.70 bits per heavy atom. The zero-order valence-corrected chi connectivity index (χ0v) is 12.8. The van der Waals surface area contributed by atoms with Crippen molar-refractivity contribution in [1.29, 1.82) is 0 Å². The van der Waals surface area contributed by atoms with E-state index in [0.29, 0.717) is 19.0 Å². The summed E-state index contributed by atoms with van der Waals surface area (Å²) in [5.41, 5.74) is -0.622. The molecule has 6 heteroatoms. The summed E-state index contributed by atoms with van der Waals surface area (Å²) in [6.45, 7) is 9.35. The standard InChI is InChI=1S/C14H24BNO4/c1-13(2)14(3,4)20-15(19-13)8-5-11-6-9-16(10-7-11)12(17)18/h5,8,11H,6-7,9-10H2,1-4H3,(H,17,18)/b8-5+. The molecule has 0 aromatic heterocycles. The largest absolute Gasteiger partial charge is 0.486 e. The zero-order chi connectivity index (χ0) is 15.0. The van der Waals surface area contributed by atoms with Gasteiger partial charge in [-0.1, -0.05) is 12.1 Å². The Kier molecular flexibility index (Phi) is 4.16. The van der Waals surface area contributed by atoms with Crippen molar-refractivity contribution < 1.29 is 19.2 Å². The highest BCUT2D eigenvalue weighted by molar-refractivity contribution is 6.51. The molecule has 0 radical (unpaired) electrons. The number of allylic oxidation sites excluding steroid dienone is 1. The van der Waals surface area contributed by atoms with Crippen LogP contribution < -0.4 is 0 Å². The second-order valence-corrected chi connectivity index (χ2v) is 6.62. The van der Waals surface area contributed by atoms with E-state index in [9.17, 15) is 4.79 Å². The number of carboxylic acid groups (broad SMARTS) is 1. The van der Waals surface area contributed by atoms with Crippen LogP contribution in [0.2, 0.25) is 0 Å². The van der Waals surface area contributed by atoms with Gasteiger partial charge < -0.3 is 19.3 Å². The second-order valence-electron chi connectivity index (χ2n) is 6.62. The molecule has 0 spiro atoms. The summed E-state index contributed by atoms with van der Waals surface area (Å²) >= 11 is 0. The quantitative estimate of drug-likeness (QED) is 0.790. The van der Waals surface area contributed by atoms with Crippen LogP contribution in [0.4, 0.5) is 4.79 Å². The number of hydrogen-bond donors (Lipinski definition) is 1. The van der Waals surface area contributed by atoms with Crippen LogP contribution in [-0.4, -0.2) is 47.5 Å². The van der Waals surface area contributed by atoms with E-state index in [1.165, 1.54) is 4.90 Å². The van der Waals surface area contributed by atoms with Crippen LogP contribution in [0.15, 0.2) is 12.1 Å². The zero-order valence-electron chi connectivity index (χ0n) is 12.8. The van der Waals surface area contributed by atoms with Gasteiger partial charge >= 0.3 is 13.2 Å². The van der Waals surface area contributed by atoms with E-state index < -0.39 is 6.09 Å². The van der Waals surface area contributed by atoms with Crippen molar-refractivity contribution in [2.75, 3.05) is 13.1 Å². The topological polar surface area (TPSA) is 59.0 Å². The maximum atomic E-state index is 10.8. The van der Waals surface area contributed by atoms with Gasteiger partial charge in [-0.2, -0.15) is 0 Å². The molecule has 2 fully saturated rings. The average Bonchev–Trinajstić information content (AvgIpc) is 2.56. The van der Waals surface area contributed by atoms with Crippen molar-refractivity contribution in [2.45, 2.75) is 51.7 Å². The molecule has 0 unspecified atom stereocenters. The summed E-state index contributed by atoms with van der Waals surface area (Å²) in [6.07, 6.45) is 3.02. The van der Waals surface area contributed by atoms with Crippen LogP contribution in [-0.2, 0) is 9.31 Å². The highest BCUT2D eigenvalue weighted by Crippen LogP contribution is 2.37. The van der Waals surface area contributed by atoms with Gasteiger partial charge in [0.2, 0.25) is 0 Å². The predicted octanol–water partition coefficient (Wildman–Crippen LogP) is 2.56. The lowest BCUT2D eigenvalue weighted by Gasteiger charge is -2.32. The first-order valence-corrected chi connectivity index (χ1v) is 7.23. The van der Waals surface area contributed by atoms with E-state index in [0.717, 1.165) is 12.8 Å². The molecule has 2 aliphatic heterocycles. The second kappa shape index (κ2) is 5.41. The fourth-order valence-electron chi connectivity index (χ4n) is 2.50. The average molecular weight is 281 g/mol. The molecule has 0 aromatic carbocycles. The van der Waals surface area contributed by atoms with Gasteiger partial charge in [0.1, 0.15) is 0 Å². The fraction of sp³-hybridized carbons (Fsp3) is 0.786.